The van der Waals surface area contributed by atoms with Crippen LogP contribution in [0.1, 0.15) is 71.5 Å². The summed E-state index contributed by atoms with van der Waals surface area (Å²) in [5.41, 5.74) is 15.0. The van der Waals surface area contributed by atoms with Gasteiger partial charge in [0.25, 0.3) is 6.71 Å². The van der Waals surface area contributed by atoms with Crippen LogP contribution in [0.3, 0.4) is 0 Å². The molecule has 0 bridgehead atoms. The van der Waals surface area contributed by atoms with Crippen molar-refractivity contribution < 1.29 is 21.9 Å². The van der Waals surface area contributed by atoms with E-state index in [9.17, 15) is 23.1 Å². The van der Waals surface area contributed by atoms with Gasteiger partial charge < -0.3 is 28.1 Å². The Morgan fingerprint density at radius 1 is 0.379 bits per heavy atom. The quantitative estimate of drug-likeness (QED) is 0.142. The Balaban J connectivity index is 0.965. The number of nitrogens with zero attached hydrogens (tertiary/aromatic N) is 7. The number of hydrogen-bond acceptors (Lipinski definition) is 3. The number of allylic oxidation sites excluding steroid dienone is 1. The maximum atomic E-state index is 12.2. The summed E-state index contributed by atoms with van der Waals surface area (Å²) in [6.45, 7) is 5.70. The van der Waals surface area contributed by atoms with Crippen LogP contribution in [0.4, 0.5) is 34.1 Å². The topological polar surface area (TPSA) is 50.0 Å². The second-order valence-electron chi connectivity index (χ2n) is 27.7. The predicted molar refractivity (Wildman–Crippen MR) is 432 cm³/mol. The third-order valence-electron chi connectivity index (χ3n) is 21.1. The molecule has 14 aromatic carbocycles. The van der Waals surface area contributed by atoms with E-state index < -0.39 is 104 Å². The Labute approximate surface area is 619 Å². The molecule has 4 aromatic heterocycles. The minimum absolute atomic E-state index is 0.0198. The molecule has 0 amide bonds. The minimum Gasteiger partial charge on any atom is -0.311 e. The monoisotopic (exact) mass is 1330 g/mol. The molecule has 103 heavy (non-hydrogen) atoms. The lowest BCUT2D eigenvalue weighted by Crippen LogP contribution is -2.61. The van der Waals surface area contributed by atoms with E-state index in [2.05, 4.69) is 155 Å². The summed E-state index contributed by atoms with van der Waals surface area (Å²) in [5.74, 6) is 0. The van der Waals surface area contributed by atoms with Crippen molar-refractivity contribution in [3.63, 3.8) is 0 Å². The Bertz CT molecular complexity index is 7500. The van der Waals surface area contributed by atoms with Crippen LogP contribution >= 0.6 is 0 Å². The maximum absolute atomic E-state index is 12.2. The fourth-order valence-corrected chi connectivity index (χ4v) is 16.6. The van der Waals surface area contributed by atoms with Crippen molar-refractivity contribution in [2.24, 2.45) is 0 Å². The smallest absolute Gasteiger partial charge is 0.252 e. The van der Waals surface area contributed by atoms with Gasteiger partial charge in [0.15, 0.2) is 0 Å². The number of aromatic nitrogens is 4. The highest BCUT2D eigenvalue weighted by molar-refractivity contribution is 7.00. The van der Waals surface area contributed by atoms with E-state index in [-0.39, 0.29) is 60.6 Å². The summed E-state index contributed by atoms with van der Waals surface area (Å²) in [4.78, 5) is 4.31. The molecule has 2 atom stereocenters. The number of aryl methyl sites for hydroxylation is 1. The highest BCUT2D eigenvalue weighted by Crippen LogP contribution is 2.51. The first-order valence-electron chi connectivity index (χ1n) is 42.6. The zero-order valence-corrected chi connectivity index (χ0v) is 55.9. The summed E-state index contributed by atoms with van der Waals surface area (Å²) in [5, 5.41) is 15.8. The van der Waals surface area contributed by atoms with Gasteiger partial charge in [-0.3, -0.25) is 0 Å². The second kappa shape index (κ2) is 22.5. The molecule has 0 spiro atoms. The molecule has 3 aliphatic rings. The molecule has 0 fully saturated rings. The molecule has 2 unspecified atom stereocenters. The molecule has 0 radical (unpaired) electrons. The molecule has 7 nitrogen and oxygen atoms in total. The van der Waals surface area contributed by atoms with Gasteiger partial charge in [-0.25, -0.2) is 0 Å². The van der Waals surface area contributed by atoms with Crippen LogP contribution < -0.4 is 26.2 Å². The fraction of sp³-hybridized carbons (Fsp3) is 0.0632. The summed E-state index contributed by atoms with van der Waals surface area (Å²) in [7, 11) is 0. The molecule has 6 heterocycles. The maximum Gasteiger partial charge on any atom is 0.252 e. The van der Waals surface area contributed by atoms with E-state index >= 15 is 0 Å². The molecule has 0 saturated heterocycles. The van der Waals surface area contributed by atoms with Crippen molar-refractivity contribution >= 4 is 140 Å². The van der Waals surface area contributed by atoms with Gasteiger partial charge in [-0.2, -0.15) is 5.26 Å². The molecule has 21 rings (SSSR count). The number of benzene rings is 14. The van der Waals surface area contributed by atoms with Gasteiger partial charge in [-0.05, 0) is 189 Å². The van der Waals surface area contributed by atoms with E-state index in [0.29, 0.717) is 62.1 Å². The fourth-order valence-electron chi connectivity index (χ4n) is 16.6. The van der Waals surface area contributed by atoms with Crippen LogP contribution in [0.2, 0.25) is 0 Å². The second-order valence-corrected chi connectivity index (χ2v) is 27.7. The Morgan fingerprint density at radius 2 is 0.845 bits per heavy atom. The molecular weight excluding hydrogens is 1250 g/mol. The first kappa shape index (κ1) is 44.8. The van der Waals surface area contributed by atoms with Crippen LogP contribution in [0, 0.1) is 11.3 Å². The summed E-state index contributed by atoms with van der Waals surface area (Å²) in [6, 6.07) is 74.6. The lowest BCUT2D eigenvalue weighted by Gasteiger charge is -2.45. The minimum atomic E-state index is -1.57. The van der Waals surface area contributed by atoms with Gasteiger partial charge >= 0.3 is 0 Å². The number of fused-ring (bicyclic) bond motifs is 16. The van der Waals surface area contributed by atoms with Gasteiger partial charge in [0.05, 0.1) is 74.7 Å². The molecule has 18 aromatic rings. The van der Waals surface area contributed by atoms with Crippen LogP contribution in [0.5, 0.6) is 0 Å². The lowest BCUT2D eigenvalue weighted by atomic mass is 9.33. The van der Waals surface area contributed by atoms with Crippen molar-refractivity contribution in [2.75, 3.05) is 9.80 Å². The molecule has 0 N–H and O–H groups in total. The molecule has 0 saturated carbocycles. The zero-order chi connectivity index (χ0) is 82.3. The van der Waals surface area contributed by atoms with E-state index in [1.807, 2.05) is 121 Å². The van der Waals surface area contributed by atoms with Crippen molar-refractivity contribution in [1.29, 1.82) is 5.26 Å². The molecular formula is C95H66BN7. The number of anilines is 6. The normalized spacial score (nSPS) is 17.0. The average Bonchev–Trinajstić information content (AvgIpc) is 1.61. The number of rotatable bonds is 8. The first-order chi connectivity index (χ1) is 57.3. The van der Waals surface area contributed by atoms with Gasteiger partial charge in [0, 0.05) is 91.6 Å². The highest BCUT2D eigenvalue weighted by Gasteiger charge is 2.45. The standard InChI is InChI=1S/C95H66BN7/c1-95(2,3)65-43-47-78-77-34-16-23-41-87(77)101(89(78)53-65)70-57-92-94-93(58-70)103(88-54-66(44-42-62(88)59-97)98-81-35-17-10-28-71(81)72-29-11-18-36-82(72)98)91-56-68(100-85-39-21-14-32-75(85)76-33-15-22-40-86(76)100)46-49-80(91)96(94)79-48-45-67(99-83-37-19-12-30-73(83)74-31-13-20-38-84(74)99)55-90(79)102(92)69-51-63(60-24-6-4-7-25-60)50-64(52-69)61-26-8-5-9-27-61/h4-12,14-30,32-58H,13,31H2,1-3H3/i12D,13D,14D,15D,19D,20D,21D,22D,30D,31D,32D,33D,37D,38D,39D,40D. The van der Waals surface area contributed by atoms with Crippen molar-refractivity contribution in [1.82, 2.24) is 18.3 Å². The molecule has 8 heteroatoms. The Hall–Kier alpha value is -13.1. The van der Waals surface area contributed by atoms with Crippen LogP contribution in [-0.4, -0.2) is 25.0 Å². The largest absolute Gasteiger partial charge is 0.311 e. The SMILES string of the molecule is [2H]C1=C([2H])C([2H])C([2H])c2c1n(-c1ccc3c(c1)N(c1cc(-c4ccccc4)cc(-c4ccccc4)c1)c1cc(-n4c5ccccc5c5ccc(C(C)(C)C)cc54)cc4c1B3c1ccc(-n3c5c([2H])c([2H])c([2H])c([2H])c5c5c([2H])c([2H])c([2H])c([2H])c53)cc1N4c1cc(-n3c4ccccc4c4ccccc43)ccc1C#N)c1c([2H])c([2H])c([2H])c([2H])c21. The van der Waals surface area contributed by atoms with E-state index in [1.165, 1.54) is 4.57 Å². The van der Waals surface area contributed by atoms with E-state index in [4.69, 9.17) is 4.11 Å². The van der Waals surface area contributed by atoms with Gasteiger partial charge in [-0.1, -0.05) is 221 Å². The van der Waals surface area contributed by atoms with E-state index in [0.717, 1.165) is 76.9 Å². The van der Waals surface area contributed by atoms with Crippen molar-refractivity contribution in [3.8, 4) is 51.1 Å². The zero-order valence-electron chi connectivity index (χ0n) is 71.9. The van der Waals surface area contributed by atoms with Crippen LogP contribution in [0.25, 0.3) is 127 Å². The summed E-state index contributed by atoms with van der Waals surface area (Å²) in [6.07, 6.45) is -3.11. The van der Waals surface area contributed by atoms with Crippen LogP contribution in [-0.2, 0) is 11.8 Å². The Morgan fingerprint density at radius 3 is 1.43 bits per heavy atom. The van der Waals surface area contributed by atoms with E-state index in [1.54, 1.807) is 10.6 Å². The van der Waals surface area contributed by atoms with Crippen molar-refractivity contribution in [3.05, 3.63) is 338 Å². The molecule has 484 valence electrons. The van der Waals surface area contributed by atoms with Gasteiger partial charge in [0.2, 0.25) is 0 Å². The highest BCUT2D eigenvalue weighted by atomic mass is 15.2. The van der Waals surface area contributed by atoms with Gasteiger partial charge in [0.1, 0.15) is 6.07 Å². The lowest BCUT2D eigenvalue weighted by molar-refractivity contribution is 0.591. The van der Waals surface area contributed by atoms with Crippen LogP contribution in [0.15, 0.2) is 315 Å². The summed E-state index contributed by atoms with van der Waals surface area (Å²) < 4.78 is 159. The Kier molecular flexibility index (Phi) is 9.78. The molecule has 2 aliphatic heterocycles. The first-order valence-corrected chi connectivity index (χ1v) is 34.4. The molecule has 1 aliphatic carbocycles. The predicted octanol–water partition coefficient (Wildman–Crippen LogP) is 22.5. The number of hydrogen-bond donors (Lipinski definition) is 0. The van der Waals surface area contributed by atoms with Crippen molar-refractivity contribution in [2.45, 2.75) is 39.0 Å². The third-order valence-corrected chi connectivity index (χ3v) is 21.1. The number of para-hydroxylation sites is 6. The summed E-state index contributed by atoms with van der Waals surface area (Å²) >= 11 is 0. The average molecular weight is 1330 g/mol. The number of nitriles is 1. The third kappa shape index (κ3) is 8.82. The van der Waals surface area contributed by atoms with Gasteiger partial charge in [-0.15, -0.1) is 0 Å².